The van der Waals surface area contributed by atoms with Gasteiger partial charge in [0.15, 0.2) is 6.61 Å². The number of para-hydroxylation sites is 2. The number of hydrogen-bond donors (Lipinski definition) is 1. The summed E-state index contributed by atoms with van der Waals surface area (Å²) in [6, 6.07) is 11.1. The minimum atomic E-state index is -0.217. The van der Waals surface area contributed by atoms with Crippen molar-refractivity contribution in [2.75, 3.05) is 37.7 Å². The Balaban J connectivity index is 1.41. The average Bonchev–Trinajstić information content (AvgIpc) is 3.39. The standard InChI is InChI=1S/C20H23N3O4/c24-19(13-23-15-6-1-2-7-17(15)27-14-20(23)25)21-12-16(18-8-5-11-26-18)22-9-3-4-10-22/h1-2,5-8,11,16H,3-4,9-10,12-14H2,(H,21,24)/t16-/m1/s1. The van der Waals surface area contributed by atoms with Crippen molar-refractivity contribution in [2.24, 2.45) is 0 Å². The van der Waals surface area contributed by atoms with Crippen molar-refractivity contribution in [1.82, 2.24) is 10.2 Å². The first-order chi connectivity index (χ1) is 13.2. The molecule has 0 aliphatic carbocycles. The van der Waals surface area contributed by atoms with Gasteiger partial charge in [-0.15, -0.1) is 0 Å². The van der Waals surface area contributed by atoms with E-state index in [9.17, 15) is 9.59 Å². The summed E-state index contributed by atoms with van der Waals surface area (Å²) in [5.41, 5.74) is 0.631. The highest BCUT2D eigenvalue weighted by Crippen LogP contribution is 2.31. The lowest BCUT2D eigenvalue weighted by Crippen LogP contribution is -2.46. The van der Waals surface area contributed by atoms with Gasteiger partial charge in [0, 0.05) is 6.54 Å². The van der Waals surface area contributed by atoms with Crippen molar-refractivity contribution in [1.29, 1.82) is 0 Å². The first kappa shape index (κ1) is 17.6. The van der Waals surface area contributed by atoms with Crippen LogP contribution in [0.4, 0.5) is 5.69 Å². The van der Waals surface area contributed by atoms with E-state index in [4.69, 9.17) is 9.15 Å². The SMILES string of the molecule is O=C(CN1C(=O)COc2ccccc21)NC[C@H](c1ccco1)N1CCCC1. The summed E-state index contributed by atoms with van der Waals surface area (Å²) in [7, 11) is 0. The van der Waals surface area contributed by atoms with Gasteiger partial charge in [-0.1, -0.05) is 12.1 Å². The van der Waals surface area contributed by atoms with Crippen LogP contribution >= 0.6 is 0 Å². The normalized spacial score (nSPS) is 18.1. The van der Waals surface area contributed by atoms with Gasteiger partial charge in [0.2, 0.25) is 5.91 Å². The summed E-state index contributed by atoms with van der Waals surface area (Å²) < 4.78 is 11.0. The van der Waals surface area contributed by atoms with Crippen LogP contribution < -0.4 is 15.0 Å². The number of carbonyl (C=O) groups is 2. The highest BCUT2D eigenvalue weighted by Gasteiger charge is 2.29. The van der Waals surface area contributed by atoms with Crippen LogP contribution in [0.3, 0.4) is 0 Å². The van der Waals surface area contributed by atoms with Gasteiger partial charge in [0.1, 0.15) is 18.1 Å². The van der Waals surface area contributed by atoms with Gasteiger partial charge in [0.25, 0.3) is 5.91 Å². The van der Waals surface area contributed by atoms with E-state index in [1.165, 1.54) is 4.90 Å². The molecule has 1 aromatic heterocycles. The third kappa shape index (κ3) is 3.83. The summed E-state index contributed by atoms with van der Waals surface area (Å²) in [6.07, 6.45) is 3.97. The van der Waals surface area contributed by atoms with Crippen LogP contribution in [0, 0.1) is 0 Å². The molecule has 2 aliphatic rings. The van der Waals surface area contributed by atoms with Crippen LogP contribution in [0.2, 0.25) is 0 Å². The number of nitrogens with zero attached hydrogens (tertiary/aromatic N) is 2. The van der Waals surface area contributed by atoms with Crippen LogP contribution in [-0.4, -0.2) is 49.5 Å². The lowest BCUT2D eigenvalue weighted by molar-refractivity contribution is -0.125. The van der Waals surface area contributed by atoms with Crippen molar-refractivity contribution in [3.63, 3.8) is 0 Å². The number of carbonyl (C=O) groups excluding carboxylic acids is 2. The quantitative estimate of drug-likeness (QED) is 0.843. The van der Waals surface area contributed by atoms with Gasteiger partial charge in [-0.25, -0.2) is 0 Å². The molecule has 7 nitrogen and oxygen atoms in total. The summed E-state index contributed by atoms with van der Waals surface area (Å²) in [4.78, 5) is 28.6. The molecular formula is C20H23N3O4. The molecule has 1 saturated heterocycles. The van der Waals surface area contributed by atoms with Gasteiger partial charge in [-0.2, -0.15) is 0 Å². The van der Waals surface area contributed by atoms with Crippen molar-refractivity contribution >= 4 is 17.5 Å². The largest absolute Gasteiger partial charge is 0.482 e. The zero-order valence-electron chi connectivity index (χ0n) is 15.1. The maximum atomic E-state index is 12.6. The van der Waals surface area contributed by atoms with Gasteiger partial charge in [-0.05, 0) is 50.2 Å². The Labute approximate surface area is 157 Å². The predicted molar refractivity (Wildman–Crippen MR) is 99.6 cm³/mol. The molecule has 142 valence electrons. The topological polar surface area (TPSA) is 75.0 Å². The fourth-order valence-electron chi connectivity index (χ4n) is 3.68. The Bertz CT molecular complexity index is 799. The molecule has 1 N–H and O–H groups in total. The zero-order chi connectivity index (χ0) is 18.6. The summed E-state index contributed by atoms with van der Waals surface area (Å²) >= 11 is 0. The van der Waals surface area contributed by atoms with E-state index in [0.29, 0.717) is 18.0 Å². The summed E-state index contributed by atoms with van der Waals surface area (Å²) in [5, 5.41) is 2.97. The number of benzene rings is 1. The minimum absolute atomic E-state index is 0.0131. The van der Waals surface area contributed by atoms with E-state index in [0.717, 1.165) is 31.7 Å². The third-order valence-corrected chi connectivity index (χ3v) is 5.06. The molecule has 2 aliphatic heterocycles. The molecule has 7 heteroatoms. The maximum Gasteiger partial charge on any atom is 0.265 e. The van der Waals surface area contributed by atoms with E-state index in [2.05, 4.69) is 10.2 Å². The number of ether oxygens (including phenoxy) is 1. The van der Waals surface area contributed by atoms with E-state index < -0.39 is 0 Å². The lowest BCUT2D eigenvalue weighted by atomic mass is 10.2. The van der Waals surface area contributed by atoms with E-state index in [-0.39, 0.29) is 31.0 Å². The van der Waals surface area contributed by atoms with Crippen LogP contribution in [0.1, 0.15) is 24.6 Å². The smallest absolute Gasteiger partial charge is 0.265 e. The molecule has 27 heavy (non-hydrogen) atoms. The Morgan fingerprint density at radius 3 is 2.74 bits per heavy atom. The molecule has 0 bridgehead atoms. The number of rotatable bonds is 6. The number of fused-ring (bicyclic) bond motifs is 1. The van der Waals surface area contributed by atoms with E-state index >= 15 is 0 Å². The van der Waals surface area contributed by atoms with Crippen molar-refractivity contribution in [3.8, 4) is 5.75 Å². The number of hydrogen-bond acceptors (Lipinski definition) is 5. The highest BCUT2D eigenvalue weighted by atomic mass is 16.5. The molecule has 0 radical (unpaired) electrons. The van der Waals surface area contributed by atoms with Crippen LogP contribution in [-0.2, 0) is 9.59 Å². The molecule has 1 atom stereocenters. The lowest BCUT2D eigenvalue weighted by Gasteiger charge is -2.29. The first-order valence-corrected chi connectivity index (χ1v) is 9.29. The van der Waals surface area contributed by atoms with Gasteiger partial charge < -0.3 is 14.5 Å². The fraction of sp³-hybridized carbons (Fsp3) is 0.400. The predicted octanol–water partition coefficient (Wildman–Crippen LogP) is 1.96. The van der Waals surface area contributed by atoms with E-state index in [1.54, 1.807) is 18.4 Å². The Morgan fingerprint density at radius 1 is 1.15 bits per heavy atom. The van der Waals surface area contributed by atoms with Gasteiger partial charge in [-0.3, -0.25) is 19.4 Å². The summed E-state index contributed by atoms with van der Waals surface area (Å²) in [5.74, 6) is 1.06. The number of likely N-dealkylation sites (tertiary alicyclic amines) is 1. The molecule has 2 aromatic rings. The second-order valence-corrected chi connectivity index (χ2v) is 6.81. The van der Waals surface area contributed by atoms with Crippen molar-refractivity contribution in [2.45, 2.75) is 18.9 Å². The second-order valence-electron chi connectivity index (χ2n) is 6.81. The first-order valence-electron chi connectivity index (χ1n) is 9.29. The number of furan rings is 1. The second kappa shape index (κ2) is 7.84. The van der Waals surface area contributed by atoms with Gasteiger partial charge >= 0.3 is 0 Å². The maximum absolute atomic E-state index is 12.6. The molecular weight excluding hydrogens is 346 g/mol. The Hall–Kier alpha value is -2.80. The van der Waals surface area contributed by atoms with Crippen molar-refractivity contribution < 1.29 is 18.7 Å². The molecule has 0 saturated carbocycles. The molecule has 4 rings (SSSR count). The number of nitrogens with one attached hydrogen (secondary N) is 1. The fourth-order valence-corrected chi connectivity index (χ4v) is 3.68. The van der Waals surface area contributed by atoms with Crippen LogP contribution in [0.5, 0.6) is 5.75 Å². The van der Waals surface area contributed by atoms with Crippen LogP contribution in [0.15, 0.2) is 47.1 Å². The Morgan fingerprint density at radius 2 is 1.96 bits per heavy atom. The molecule has 1 fully saturated rings. The number of anilines is 1. The molecule has 2 amide bonds. The van der Waals surface area contributed by atoms with Crippen LogP contribution in [0.25, 0.3) is 0 Å². The average molecular weight is 369 g/mol. The summed E-state index contributed by atoms with van der Waals surface area (Å²) in [6.45, 7) is 2.37. The molecule has 3 heterocycles. The van der Waals surface area contributed by atoms with Gasteiger partial charge in [0.05, 0.1) is 18.0 Å². The monoisotopic (exact) mass is 369 g/mol. The minimum Gasteiger partial charge on any atom is -0.482 e. The zero-order valence-corrected chi connectivity index (χ0v) is 15.1. The van der Waals surface area contributed by atoms with Crippen molar-refractivity contribution in [3.05, 3.63) is 48.4 Å². The third-order valence-electron chi connectivity index (χ3n) is 5.06. The Kier molecular flexibility index (Phi) is 5.11. The molecule has 0 spiro atoms. The highest BCUT2D eigenvalue weighted by molar-refractivity contribution is 6.02. The molecule has 0 unspecified atom stereocenters. The van der Waals surface area contributed by atoms with E-state index in [1.807, 2.05) is 24.3 Å². The molecule has 1 aromatic carbocycles. The number of amides is 2.